The van der Waals surface area contributed by atoms with Crippen LogP contribution in [0.15, 0.2) is 12.5 Å². The molecule has 0 aromatic carbocycles. The molecular formula is C13H18N4O3. The summed E-state index contributed by atoms with van der Waals surface area (Å²) in [4.78, 5) is 35.4. The first-order chi connectivity index (χ1) is 9.66. The summed E-state index contributed by atoms with van der Waals surface area (Å²) in [6.07, 6.45) is 5.28. The molecule has 3 rings (SSSR count). The van der Waals surface area contributed by atoms with Crippen molar-refractivity contribution in [3.63, 3.8) is 0 Å². The van der Waals surface area contributed by atoms with Gasteiger partial charge in [0.05, 0.1) is 31.7 Å². The Hall–Kier alpha value is -1.89. The molecule has 7 nitrogen and oxygen atoms in total. The number of rotatable bonds is 1. The third-order valence-corrected chi connectivity index (χ3v) is 3.81. The predicted octanol–water partition coefficient (Wildman–Crippen LogP) is 0.340. The average Bonchev–Trinajstić information content (AvgIpc) is 2.94. The zero-order valence-corrected chi connectivity index (χ0v) is 11.5. The number of nitrogens with zero attached hydrogens (tertiary/aromatic N) is 4. The summed E-state index contributed by atoms with van der Waals surface area (Å²) in [5, 5.41) is 1.43. The molecule has 108 valence electrons. The fourth-order valence-corrected chi connectivity index (χ4v) is 2.67. The molecule has 7 heteroatoms. The van der Waals surface area contributed by atoms with E-state index in [1.54, 1.807) is 17.4 Å². The summed E-state index contributed by atoms with van der Waals surface area (Å²) in [7, 11) is 0. The van der Waals surface area contributed by atoms with Crippen LogP contribution < -0.4 is 0 Å². The highest BCUT2D eigenvalue weighted by molar-refractivity contribution is 5.81. The highest BCUT2D eigenvalue weighted by Crippen LogP contribution is 2.24. The van der Waals surface area contributed by atoms with Gasteiger partial charge in [0.1, 0.15) is 6.04 Å². The molecule has 3 heterocycles. The minimum absolute atomic E-state index is 0.0326. The smallest absolute Gasteiger partial charge is 0.271 e. The van der Waals surface area contributed by atoms with Gasteiger partial charge in [0.25, 0.3) is 5.91 Å². The first-order valence-electron chi connectivity index (χ1n) is 6.87. The zero-order chi connectivity index (χ0) is 14.1. The summed E-state index contributed by atoms with van der Waals surface area (Å²) >= 11 is 0. The second kappa shape index (κ2) is 5.24. The molecule has 0 saturated carbocycles. The molecule has 0 N–H and O–H groups in total. The Kier molecular flexibility index (Phi) is 3.43. The van der Waals surface area contributed by atoms with E-state index in [1.807, 2.05) is 4.57 Å². The van der Waals surface area contributed by atoms with Crippen LogP contribution in [0, 0.1) is 0 Å². The summed E-state index contributed by atoms with van der Waals surface area (Å²) in [6, 6.07) is -0.441. The molecule has 1 aromatic rings. The number of fused-ring (bicyclic) bond motifs is 1. The standard InChI is InChI=1S/C13H18N4O3/c1-10(18)15-7-11-6-14-9-16(11)12(8-15)13(19)17-4-2-3-5-20-17/h6,9,12H,2-5,7-8H2,1H3/t12-/m1/s1. The molecule has 1 atom stereocenters. The van der Waals surface area contributed by atoms with Gasteiger partial charge in [-0.25, -0.2) is 10.0 Å². The second-order valence-corrected chi connectivity index (χ2v) is 5.19. The van der Waals surface area contributed by atoms with Crippen LogP contribution in [-0.2, 0) is 21.0 Å². The maximum Gasteiger partial charge on any atom is 0.271 e. The average molecular weight is 278 g/mol. The van der Waals surface area contributed by atoms with Crippen molar-refractivity contribution in [2.75, 3.05) is 19.7 Å². The lowest BCUT2D eigenvalue weighted by molar-refractivity contribution is -0.201. The van der Waals surface area contributed by atoms with Gasteiger partial charge in [-0.15, -0.1) is 0 Å². The van der Waals surface area contributed by atoms with Gasteiger partial charge in [-0.05, 0) is 12.8 Å². The van der Waals surface area contributed by atoms with Gasteiger partial charge in [-0.1, -0.05) is 0 Å². The first kappa shape index (κ1) is 13.1. The third-order valence-electron chi connectivity index (χ3n) is 3.81. The van der Waals surface area contributed by atoms with Crippen LogP contribution in [-0.4, -0.2) is 51.0 Å². The number of hydroxylamine groups is 2. The Morgan fingerprint density at radius 3 is 2.95 bits per heavy atom. The lowest BCUT2D eigenvalue weighted by atomic mass is 10.1. The molecule has 0 aliphatic carbocycles. The zero-order valence-electron chi connectivity index (χ0n) is 11.5. The van der Waals surface area contributed by atoms with E-state index >= 15 is 0 Å². The van der Waals surface area contributed by atoms with Crippen molar-refractivity contribution < 1.29 is 14.4 Å². The van der Waals surface area contributed by atoms with Crippen molar-refractivity contribution in [2.45, 2.75) is 32.4 Å². The SMILES string of the molecule is CC(=O)N1Cc2cncn2[C@@H](C(=O)N2CCCCO2)C1. The van der Waals surface area contributed by atoms with Crippen molar-refractivity contribution in [2.24, 2.45) is 0 Å². The fraction of sp³-hybridized carbons (Fsp3) is 0.615. The van der Waals surface area contributed by atoms with Gasteiger partial charge in [0, 0.05) is 19.7 Å². The van der Waals surface area contributed by atoms with Gasteiger partial charge in [0.2, 0.25) is 5.91 Å². The van der Waals surface area contributed by atoms with Crippen molar-refractivity contribution in [3.8, 4) is 0 Å². The molecule has 0 bridgehead atoms. The van der Waals surface area contributed by atoms with Gasteiger partial charge in [-0.3, -0.25) is 14.4 Å². The summed E-state index contributed by atoms with van der Waals surface area (Å²) in [5.74, 6) is -0.135. The first-order valence-corrected chi connectivity index (χ1v) is 6.87. The molecule has 0 unspecified atom stereocenters. The van der Waals surface area contributed by atoms with Crippen LogP contribution in [0.25, 0.3) is 0 Å². The van der Waals surface area contributed by atoms with Gasteiger partial charge in [-0.2, -0.15) is 0 Å². The van der Waals surface area contributed by atoms with E-state index in [0.29, 0.717) is 26.2 Å². The highest BCUT2D eigenvalue weighted by atomic mass is 16.7. The van der Waals surface area contributed by atoms with Crippen LogP contribution in [0.4, 0.5) is 0 Å². The predicted molar refractivity (Wildman–Crippen MR) is 69.3 cm³/mol. The van der Waals surface area contributed by atoms with E-state index in [-0.39, 0.29) is 11.8 Å². The Balaban J connectivity index is 1.84. The molecule has 2 aliphatic heterocycles. The normalized spacial score (nSPS) is 22.6. The molecule has 2 amide bonds. The van der Waals surface area contributed by atoms with Crippen molar-refractivity contribution >= 4 is 11.8 Å². The van der Waals surface area contributed by atoms with Crippen LogP contribution in [0.5, 0.6) is 0 Å². The van der Waals surface area contributed by atoms with Crippen molar-refractivity contribution in [1.82, 2.24) is 19.5 Å². The summed E-state index contributed by atoms with van der Waals surface area (Å²) in [5.41, 5.74) is 0.877. The molecule has 1 fully saturated rings. The molecule has 0 radical (unpaired) electrons. The quantitative estimate of drug-likeness (QED) is 0.743. The van der Waals surface area contributed by atoms with Crippen LogP contribution in [0.1, 0.15) is 31.5 Å². The summed E-state index contributed by atoms with van der Waals surface area (Å²) < 4.78 is 1.85. The monoisotopic (exact) mass is 278 g/mol. The van der Waals surface area contributed by atoms with Crippen molar-refractivity contribution in [3.05, 3.63) is 18.2 Å². The number of aromatic nitrogens is 2. The van der Waals surface area contributed by atoms with Crippen LogP contribution >= 0.6 is 0 Å². The number of amides is 2. The van der Waals surface area contributed by atoms with Gasteiger partial charge >= 0.3 is 0 Å². The molecular weight excluding hydrogens is 260 g/mol. The molecule has 1 aromatic heterocycles. The van der Waals surface area contributed by atoms with E-state index in [1.165, 1.54) is 12.0 Å². The summed E-state index contributed by atoms with van der Waals surface area (Å²) in [6.45, 7) is 3.58. The topological polar surface area (TPSA) is 67.7 Å². The maximum atomic E-state index is 12.6. The third kappa shape index (κ3) is 2.29. The van der Waals surface area contributed by atoms with E-state index in [4.69, 9.17) is 4.84 Å². The molecule has 20 heavy (non-hydrogen) atoms. The fourth-order valence-electron chi connectivity index (χ4n) is 2.67. The number of hydrogen-bond acceptors (Lipinski definition) is 4. The Labute approximate surface area is 117 Å². The van der Waals surface area contributed by atoms with Crippen molar-refractivity contribution in [1.29, 1.82) is 0 Å². The van der Waals surface area contributed by atoms with Crippen LogP contribution in [0.3, 0.4) is 0 Å². The second-order valence-electron chi connectivity index (χ2n) is 5.19. The number of carbonyl (C=O) groups is 2. The Bertz CT molecular complexity index is 521. The Morgan fingerprint density at radius 1 is 1.40 bits per heavy atom. The minimum atomic E-state index is -0.441. The number of hydrogen-bond donors (Lipinski definition) is 0. The highest BCUT2D eigenvalue weighted by Gasteiger charge is 2.34. The van der Waals surface area contributed by atoms with E-state index < -0.39 is 6.04 Å². The number of carbonyl (C=O) groups excluding carboxylic acids is 2. The lowest BCUT2D eigenvalue weighted by Gasteiger charge is -2.36. The van der Waals surface area contributed by atoms with E-state index in [9.17, 15) is 9.59 Å². The van der Waals surface area contributed by atoms with Crippen LogP contribution in [0.2, 0.25) is 0 Å². The van der Waals surface area contributed by atoms with Gasteiger partial charge in [0.15, 0.2) is 0 Å². The molecule has 2 aliphatic rings. The number of imidazole rings is 1. The minimum Gasteiger partial charge on any atom is -0.334 e. The van der Waals surface area contributed by atoms with E-state index in [0.717, 1.165) is 18.5 Å². The molecule has 0 spiro atoms. The Morgan fingerprint density at radius 2 is 2.25 bits per heavy atom. The maximum absolute atomic E-state index is 12.6. The van der Waals surface area contributed by atoms with E-state index in [2.05, 4.69) is 4.98 Å². The molecule has 1 saturated heterocycles. The van der Waals surface area contributed by atoms with Gasteiger partial charge < -0.3 is 9.47 Å². The lowest BCUT2D eigenvalue weighted by Crippen LogP contribution is -2.48. The largest absolute Gasteiger partial charge is 0.334 e.